The molecule has 1 saturated heterocycles. The van der Waals surface area contributed by atoms with Gasteiger partial charge < -0.3 is 38.0 Å². The van der Waals surface area contributed by atoms with E-state index in [0.29, 0.717) is 48.9 Å². The number of anilines is 1. The molecule has 3 unspecified atom stereocenters. The van der Waals surface area contributed by atoms with Gasteiger partial charge in [0, 0.05) is 37.8 Å². The maximum Gasteiger partial charge on any atom is 0.342 e. The molecule has 3 heterocycles. The van der Waals surface area contributed by atoms with Gasteiger partial charge in [0.2, 0.25) is 0 Å². The maximum atomic E-state index is 13.7. The summed E-state index contributed by atoms with van der Waals surface area (Å²) in [6.45, 7) is 10.7. The second-order valence-electron chi connectivity index (χ2n) is 11.8. The fourth-order valence-corrected chi connectivity index (χ4v) is 5.34. The third-order valence-corrected chi connectivity index (χ3v) is 7.80. The molecule has 4 rings (SSSR count). The van der Waals surface area contributed by atoms with E-state index in [2.05, 4.69) is 24.1 Å². The van der Waals surface area contributed by atoms with Gasteiger partial charge in [-0.15, -0.1) is 0 Å². The Morgan fingerprint density at radius 3 is 2.64 bits per heavy atom. The fraction of sp³-hybridized carbons (Fsp3) is 0.500. The van der Waals surface area contributed by atoms with Gasteiger partial charge in [0.15, 0.2) is 12.6 Å². The monoisotopic (exact) mass is 619 g/mol. The quantitative estimate of drug-likeness (QED) is 0.0804. The van der Waals surface area contributed by atoms with E-state index in [4.69, 9.17) is 28.4 Å². The Labute approximate surface area is 266 Å². The van der Waals surface area contributed by atoms with Gasteiger partial charge in [-0.2, -0.15) is 0 Å². The first kappa shape index (κ1) is 34.2. The average Bonchev–Trinajstić information content (AvgIpc) is 3.33. The third-order valence-electron chi connectivity index (χ3n) is 7.80. The predicted molar refractivity (Wildman–Crippen MR) is 173 cm³/mol. The Kier molecular flexibility index (Phi) is 12.2. The van der Waals surface area contributed by atoms with E-state index in [1.807, 2.05) is 58.0 Å². The zero-order valence-electron chi connectivity index (χ0n) is 27.0. The Balaban J connectivity index is 1.61. The van der Waals surface area contributed by atoms with Crippen LogP contribution < -0.4 is 14.3 Å². The number of hydrogen-bond acceptors (Lipinski definition) is 10. The largest absolute Gasteiger partial charge is 0.493 e. The van der Waals surface area contributed by atoms with Crippen molar-refractivity contribution in [1.82, 2.24) is 4.98 Å². The lowest BCUT2D eigenvalue weighted by atomic mass is 9.94. The van der Waals surface area contributed by atoms with Crippen LogP contribution in [0, 0.1) is 11.8 Å². The average molecular weight is 620 g/mol. The summed E-state index contributed by atoms with van der Waals surface area (Å²) in [5.74, 6) is 0.328. The molecule has 2 aliphatic heterocycles. The smallest absolute Gasteiger partial charge is 0.342 e. The minimum atomic E-state index is -0.701. The lowest BCUT2D eigenvalue weighted by molar-refractivity contribution is -0.148. The highest BCUT2D eigenvalue weighted by Gasteiger charge is 2.42. The number of aromatic nitrogens is 1. The Morgan fingerprint density at radius 1 is 1.11 bits per heavy atom. The topological polar surface area (TPSA) is 106 Å². The van der Waals surface area contributed by atoms with E-state index < -0.39 is 17.9 Å². The number of ether oxygens (including phenoxy) is 6. The summed E-state index contributed by atoms with van der Waals surface area (Å²) < 4.78 is 35.7. The van der Waals surface area contributed by atoms with E-state index >= 15 is 0 Å². The number of cyclic esters (lactones) is 1. The number of carbonyl (C=O) groups is 2. The van der Waals surface area contributed by atoms with Crippen molar-refractivity contribution in [3.05, 3.63) is 65.9 Å². The molecule has 0 saturated carbocycles. The van der Waals surface area contributed by atoms with E-state index in [-0.39, 0.29) is 36.4 Å². The number of fused-ring (bicyclic) bond motifs is 2. The maximum absolute atomic E-state index is 13.7. The molecular weight excluding hydrogens is 575 g/mol. The van der Waals surface area contributed by atoms with Crippen LogP contribution in [0.4, 0.5) is 5.82 Å². The van der Waals surface area contributed by atoms with Gasteiger partial charge in [-0.05, 0) is 57.4 Å². The Morgan fingerprint density at radius 2 is 1.91 bits per heavy atom. The minimum Gasteiger partial charge on any atom is -0.493 e. The van der Waals surface area contributed by atoms with Gasteiger partial charge in [0.1, 0.15) is 35.2 Å². The highest BCUT2D eigenvalue weighted by molar-refractivity contribution is 6.70. The van der Waals surface area contributed by atoms with Crippen molar-refractivity contribution in [3.63, 3.8) is 0 Å². The Hall–Kier alpha value is -3.67. The summed E-state index contributed by atoms with van der Waals surface area (Å²) in [7, 11) is 2.96. The van der Waals surface area contributed by atoms with Crippen molar-refractivity contribution in [3.8, 4) is 11.5 Å². The standard InChI is InChI=1S/C34H44BN2O8/c1-23-14-15-24(2)32-28(44-34(4,5)45-32)12-9-11-26-19-27(20-29(42-22-40-6)31(26)33(39)43-25(23)3)41-18-10-17-37(35-21-38)30-13-7-8-16-36-30/h7-9,11,13-16,19-21,23-25,28,32H,10,12,17-18,22H2,1-6H3/b11-9+,15-14-/t23-,24?,25+,28?,32?/m1/s1. The second kappa shape index (κ2) is 16.1. The van der Waals surface area contributed by atoms with Crippen molar-refractivity contribution in [1.29, 1.82) is 0 Å². The first-order chi connectivity index (χ1) is 21.6. The number of nitrogens with zero attached hydrogens (tertiary/aromatic N) is 2. The molecule has 1 fully saturated rings. The molecule has 11 heteroatoms. The first-order valence-corrected chi connectivity index (χ1v) is 15.4. The van der Waals surface area contributed by atoms with Crippen LogP contribution in [0.1, 0.15) is 63.4 Å². The van der Waals surface area contributed by atoms with E-state index in [1.54, 1.807) is 23.1 Å². The number of methoxy groups -OCH3 is 1. The van der Waals surface area contributed by atoms with Gasteiger partial charge in [0.05, 0.1) is 18.8 Å². The second-order valence-corrected chi connectivity index (χ2v) is 11.8. The lowest BCUT2D eigenvalue weighted by Gasteiger charge is -2.23. The lowest BCUT2D eigenvalue weighted by Crippen LogP contribution is -2.31. The molecule has 241 valence electrons. The highest BCUT2D eigenvalue weighted by atomic mass is 16.8. The molecule has 5 atom stereocenters. The zero-order valence-corrected chi connectivity index (χ0v) is 27.0. The van der Waals surface area contributed by atoms with E-state index in [9.17, 15) is 9.59 Å². The minimum absolute atomic E-state index is 0.0415. The molecule has 45 heavy (non-hydrogen) atoms. The number of carbonyl (C=O) groups excluding carboxylic acids is 2. The summed E-state index contributed by atoms with van der Waals surface area (Å²) in [4.78, 5) is 31.0. The van der Waals surface area contributed by atoms with Crippen LogP contribution >= 0.6 is 0 Å². The molecule has 0 aliphatic carbocycles. The van der Waals surface area contributed by atoms with Crippen LogP contribution in [0.5, 0.6) is 11.5 Å². The number of hydrogen-bond donors (Lipinski definition) is 0. The SMILES string of the molecule is COCOc1cc(OCCCN([B]C=O)c2ccccn2)cc2c1C(=O)O[C@@H](C)[C@H](C)/C=C\C(C)C1OC(C)(C)OC1C/C=C/2. The molecule has 1 aromatic carbocycles. The highest BCUT2D eigenvalue weighted by Crippen LogP contribution is 2.36. The van der Waals surface area contributed by atoms with E-state index in [0.717, 1.165) is 6.19 Å². The molecular formula is C34H44BN2O8. The van der Waals surface area contributed by atoms with Crippen molar-refractivity contribution >= 4 is 31.5 Å². The summed E-state index contributed by atoms with van der Waals surface area (Å²) >= 11 is 0. The first-order valence-electron chi connectivity index (χ1n) is 15.4. The van der Waals surface area contributed by atoms with Crippen LogP contribution in [0.3, 0.4) is 0 Å². The van der Waals surface area contributed by atoms with Gasteiger partial charge in [0.25, 0.3) is 0 Å². The summed E-state index contributed by atoms with van der Waals surface area (Å²) in [6.07, 6.45) is 10.9. The fourth-order valence-electron chi connectivity index (χ4n) is 5.34. The normalized spacial score (nSPS) is 25.9. The zero-order chi connectivity index (χ0) is 32.4. The molecule has 0 spiro atoms. The van der Waals surface area contributed by atoms with Gasteiger partial charge in [-0.25, -0.2) is 9.78 Å². The summed E-state index contributed by atoms with van der Waals surface area (Å²) in [6, 6.07) is 9.00. The summed E-state index contributed by atoms with van der Waals surface area (Å²) in [5, 5.41) is 0. The number of pyridine rings is 1. The van der Waals surface area contributed by atoms with Gasteiger partial charge in [-0.3, -0.25) is 0 Å². The molecule has 2 aliphatic rings. The molecule has 0 bridgehead atoms. The number of esters is 1. The summed E-state index contributed by atoms with van der Waals surface area (Å²) in [5.41, 5.74) is 0.870. The molecule has 0 amide bonds. The van der Waals surface area contributed by atoms with Crippen molar-refractivity contribution in [2.75, 3.05) is 31.9 Å². The van der Waals surface area contributed by atoms with Crippen LogP contribution in [0.25, 0.3) is 6.08 Å². The van der Waals surface area contributed by atoms with Crippen LogP contribution in [-0.4, -0.2) is 75.7 Å². The molecule has 1 radical (unpaired) electrons. The molecule has 0 N–H and O–H groups in total. The number of rotatable bonds is 11. The Bertz CT molecular complexity index is 1330. The van der Waals surface area contributed by atoms with Crippen LogP contribution in [0.2, 0.25) is 0 Å². The van der Waals surface area contributed by atoms with E-state index in [1.165, 1.54) is 14.5 Å². The van der Waals surface area contributed by atoms with Crippen molar-refractivity contribution in [2.24, 2.45) is 11.8 Å². The number of benzene rings is 1. The molecule has 2 aromatic rings. The van der Waals surface area contributed by atoms with Gasteiger partial charge in [-0.1, -0.05) is 44.2 Å². The van der Waals surface area contributed by atoms with Crippen molar-refractivity contribution in [2.45, 2.75) is 71.6 Å². The van der Waals surface area contributed by atoms with Crippen LogP contribution in [0.15, 0.2) is 54.8 Å². The van der Waals surface area contributed by atoms with Crippen molar-refractivity contribution < 1.29 is 38.0 Å². The molecule has 1 aromatic heterocycles. The third kappa shape index (κ3) is 9.42. The van der Waals surface area contributed by atoms with Gasteiger partial charge >= 0.3 is 13.4 Å². The predicted octanol–water partition coefficient (Wildman–Crippen LogP) is 5.46. The van der Waals surface area contributed by atoms with Crippen LogP contribution in [-0.2, 0) is 23.7 Å². The molecule has 10 nitrogen and oxygen atoms in total.